The van der Waals surface area contributed by atoms with Gasteiger partial charge < -0.3 is 11.1 Å². The summed E-state index contributed by atoms with van der Waals surface area (Å²) < 4.78 is 1.37. The van der Waals surface area contributed by atoms with Crippen molar-refractivity contribution < 1.29 is 4.79 Å². The number of hydrogen-bond donors (Lipinski definition) is 2. The molecule has 3 rings (SSSR count). The zero-order chi connectivity index (χ0) is 16.4. The van der Waals surface area contributed by atoms with Crippen molar-refractivity contribution in [1.82, 2.24) is 20.0 Å². The fraction of sp³-hybridized carbons (Fsp3) is 0.0667. The Morgan fingerprint density at radius 2 is 2.00 bits per heavy atom. The van der Waals surface area contributed by atoms with Gasteiger partial charge in [-0.2, -0.15) is 0 Å². The number of aryl methyl sites for hydroxylation is 1. The van der Waals surface area contributed by atoms with E-state index in [0.29, 0.717) is 22.1 Å². The van der Waals surface area contributed by atoms with Crippen LogP contribution in [0.25, 0.3) is 11.1 Å². The number of anilines is 2. The summed E-state index contributed by atoms with van der Waals surface area (Å²) in [6.07, 6.45) is 1.37. The molecule has 0 unspecified atom stereocenters. The minimum absolute atomic E-state index is 0.277. The van der Waals surface area contributed by atoms with Crippen LogP contribution in [0.4, 0.5) is 11.6 Å². The van der Waals surface area contributed by atoms with Crippen LogP contribution >= 0.6 is 11.6 Å². The van der Waals surface area contributed by atoms with E-state index in [9.17, 15) is 4.79 Å². The van der Waals surface area contributed by atoms with E-state index in [1.54, 1.807) is 25.2 Å². The van der Waals surface area contributed by atoms with E-state index in [1.165, 1.54) is 10.9 Å². The summed E-state index contributed by atoms with van der Waals surface area (Å²) in [4.78, 5) is 16.3. The first-order valence-electron chi connectivity index (χ1n) is 6.73. The first-order valence-corrected chi connectivity index (χ1v) is 7.11. The van der Waals surface area contributed by atoms with Crippen LogP contribution < -0.4 is 11.1 Å². The van der Waals surface area contributed by atoms with Gasteiger partial charge in [-0.25, -0.2) is 9.67 Å². The van der Waals surface area contributed by atoms with E-state index in [4.69, 9.17) is 17.3 Å². The van der Waals surface area contributed by atoms with Crippen LogP contribution in [-0.4, -0.2) is 25.9 Å². The summed E-state index contributed by atoms with van der Waals surface area (Å²) in [5, 5.41) is 10.6. The Bertz CT molecular complexity index is 876. The van der Waals surface area contributed by atoms with Crippen LogP contribution in [0.5, 0.6) is 0 Å². The molecule has 0 fully saturated rings. The van der Waals surface area contributed by atoms with Gasteiger partial charge in [0.1, 0.15) is 17.3 Å². The summed E-state index contributed by atoms with van der Waals surface area (Å²) in [5.41, 5.74) is 7.81. The number of carbonyl (C=O) groups is 1. The Balaban J connectivity index is 1.87. The van der Waals surface area contributed by atoms with Crippen molar-refractivity contribution in [2.24, 2.45) is 7.05 Å². The lowest BCUT2D eigenvalue weighted by Crippen LogP contribution is -2.17. The van der Waals surface area contributed by atoms with Gasteiger partial charge >= 0.3 is 0 Å². The van der Waals surface area contributed by atoms with Crippen LogP contribution in [0.1, 0.15) is 10.5 Å². The minimum Gasteiger partial charge on any atom is -0.383 e. The number of nitrogens with two attached hydrogens (primary N) is 1. The van der Waals surface area contributed by atoms with E-state index < -0.39 is 0 Å². The van der Waals surface area contributed by atoms with Crippen molar-refractivity contribution in [3.63, 3.8) is 0 Å². The van der Waals surface area contributed by atoms with Gasteiger partial charge in [-0.3, -0.25) is 4.79 Å². The normalized spacial score (nSPS) is 10.5. The Labute approximate surface area is 137 Å². The molecule has 1 amide bonds. The molecule has 0 spiro atoms. The van der Waals surface area contributed by atoms with Crippen molar-refractivity contribution >= 4 is 29.1 Å². The van der Waals surface area contributed by atoms with Gasteiger partial charge in [0, 0.05) is 23.2 Å². The maximum Gasteiger partial charge on any atom is 0.276 e. The number of amides is 1. The smallest absolute Gasteiger partial charge is 0.276 e. The standard InChI is InChI=1S/C15H13ClN6O/c1-22-12(8-18-21-22)15(23)20-13-7-6-10(14(17)19-13)9-4-2-3-5-11(9)16/h2-8H,1H3,(H3,17,19,20,23). The minimum atomic E-state index is -0.366. The highest BCUT2D eigenvalue weighted by molar-refractivity contribution is 6.33. The van der Waals surface area contributed by atoms with E-state index in [1.807, 2.05) is 18.2 Å². The summed E-state index contributed by atoms with van der Waals surface area (Å²) in [6.45, 7) is 0. The van der Waals surface area contributed by atoms with Crippen molar-refractivity contribution in [1.29, 1.82) is 0 Å². The van der Waals surface area contributed by atoms with Gasteiger partial charge in [0.2, 0.25) is 0 Å². The number of nitrogens with one attached hydrogen (secondary N) is 1. The van der Waals surface area contributed by atoms with E-state index in [2.05, 4.69) is 20.6 Å². The maximum atomic E-state index is 12.1. The van der Waals surface area contributed by atoms with Gasteiger partial charge in [-0.1, -0.05) is 35.0 Å². The molecule has 0 aliphatic carbocycles. The predicted molar refractivity (Wildman–Crippen MR) is 88.1 cm³/mol. The summed E-state index contributed by atoms with van der Waals surface area (Å²) in [6, 6.07) is 10.8. The SMILES string of the molecule is Cn1nncc1C(=O)Nc1ccc(-c2ccccc2Cl)c(N)n1. The van der Waals surface area contributed by atoms with Crippen LogP contribution in [0.15, 0.2) is 42.6 Å². The molecule has 0 aliphatic rings. The number of benzene rings is 1. The molecule has 3 aromatic rings. The number of nitrogens with zero attached hydrogens (tertiary/aromatic N) is 4. The number of carbonyl (C=O) groups excluding carboxylic acids is 1. The molecule has 0 atom stereocenters. The monoisotopic (exact) mass is 328 g/mol. The second kappa shape index (κ2) is 6.05. The lowest BCUT2D eigenvalue weighted by Gasteiger charge is -2.10. The highest BCUT2D eigenvalue weighted by Crippen LogP contribution is 2.31. The zero-order valence-electron chi connectivity index (χ0n) is 12.2. The third kappa shape index (κ3) is 3.00. The third-order valence-electron chi connectivity index (χ3n) is 3.28. The molecule has 2 heterocycles. The zero-order valence-corrected chi connectivity index (χ0v) is 12.9. The van der Waals surface area contributed by atoms with Crippen LogP contribution in [0.3, 0.4) is 0 Å². The summed E-state index contributed by atoms with van der Waals surface area (Å²) in [7, 11) is 1.63. The molecule has 0 aliphatic heterocycles. The Morgan fingerprint density at radius 1 is 1.22 bits per heavy atom. The van der Waals surface area contributed by atoms with Crippen molar-refractivity contribution in [3.05, 3.63) is 53.3 Å². The Morgan fingerprint density at radius 3 is 2.65 bits per heavy atom. The quantitative estimate of drug-likeness (QED) is 0.769. The first kappa shape index (κ1) is 15.0. The fourth-order valence-electron chi connectivity index (χ4n) is 2.13. The molecule has 0 saturated carbocycles. The van der Waals surface area contributed by atoms with Crippen molar-refractivity contribution in [3.8, 4) is 11.1 Å². The second-order valence-corrected chi connectivity index (χ2v) is 5.21. The van der Waals surface area contributed by atoms with Crippen molar-refractivity contribution in [2.45, 2.75) is 0 Å². The molecule has 0 saturated heterocycles. The third-order valence-corrected chi connectivity index (χ3v) is 3.61. The van der Waals surface area contributed by atoms with E-state index in [0.717, 1.165) is 5.56 Å². The molecule has 23 heavy (non-hydrogen) atoms. The van der Waals surface area contributed by atoms with Gasteiger partial charge in [-0.15, -0.1) is 5.10 Å². The van der Waals surface area contributed by atoms with Crippen LogP contribution in [0, 0.1) is 0 Å². The summed E-state index contributed by atoms with van der Waals surface area (Å²) >= 11 is 6.17. The number of nitrogen functional groups attached to an aromatic ring is 1. The molecule has 2 aromatic heterocycles. The highest BCUT2D eigenvalue weighted by atomic mass is 35.5. The maximum absolute atomic E-state index is 12.1. The molecule has 116 valence electrons. The molecule has 8 heteroatoms. The van der Waals surface area contributed by atoms with Gasteiger partial charge in [0.15, 0.2) is 0 Å². The lowest BCUT2D eigenvalue weighted by atomic mass is 10.1. The number of aromatic nitrogens is 4. The Hall–Kier alpha value is -2.93. The number of hydrogen-bond acceptors (Lipinski definition) is 5. The number of rotatable bonds is 3. The molecular formula is C15H13ClN6O. The molecule has 0 bridgehead atoms. The molecule has 7 nitrogen and oxygen atoms in total. The fourth-order valence-corrected chi connectivity index (χ4v) is 2.37. The number of pyridine rings is 1. The van der Waals surface area contributed by atoms with Gasteiger partial charge in [0.25, 0.3) is 5.91 Å². The van der Waals surface area contributed by atoms with Gasteiger partial charge in [0.05, 0.1) is 6.20 Å². The van der Waals surface area contributed by atoms with Crippen molar-refractivity contribution in [2.75, 3.05) is 11.1 Å². The van der Waals surface area contributed by atoms with E-state index in [-0.39, 0.29) is 11.7 Å². The molecule has 3 N–H and O–H groups in total. The predicted octanol–water partition coefficient (Wildman–Crippen LogP) is 2.36. The lowest BCUT2D eigenvalue weighted by molar-refractivity contribution is 0.101. The summed E-state index contributed by atoms with van der Waals surface area (Å²) in [5.74, 6) is 0.249. The molecule has 1 aromatic carbocycles. The molecule has 0 radical (unpaired) electrons. The first-order chi connectivity index (χ1) is 11.1. The Kier molecular flexibility index (Phi) is 3.94. The number of halogens is 1. The van der Waals surface area contributed by atoms with E-state index >= 15 is 0 Å². The highest BCUT2D eigenvalue weighted by Gasteiger charge is 2.13. The molecular weight excluding hydrogens is 316 g/mol. The van der Waals surface area contributed by atoms with Gasteiger partial charge in [-0.05, 0) is 18.2 Å². The average Bonchev–Trinajstić information content (AvgIpc) is 2.95. The topological polar surface area (TPSA) is 98.7 Å². The van der Waals surface area contributed by atoms with Crippen LogP contribution in [-0.2, 0) is 7.05 Å². The average molecular weight is 329 g/mol. The largest absolute Gasteiger partial charge is 0.383 e. The second-order valence-electron chi connectivity index (χ2n) is 4.81. The van der Waals surface area contributed by atoms with Crippen LogP contribution in [0.2, 0.25) is 5.02 Å².